The molecule has 4 unspecified atom stereocenters. The van der Waals surface area contributed by atoms with Gasteiger partial charge in [0.2, 0.25) is 0 Å². The Morgan fingerprint density at radius 3 is 2.89 bits per heavy atom. The highest BCUT2D eigenvalue weighted by Crippen LogP contribution is 2.34. The summed E-state index contributed by atoms with van der Waals surface area (Å²) < 4.78 is 13.9. The van der Waals surface area contributed by atoms with Gasteiger partial charge in [-0.1, -0.05) is 37.3 Å². The number of H-pyrrole nitrogens is 1. The second-order valence-electron chi connectivity index (χ2n) is 8.23. The van der Waals surface area contributed by atoms with Crippen LogP contribution in [0.3, 0.4) is 0 Å². The van der Waals surface area contributed by atoms with Crippen LogP contribution in [0.4, 0.5) is 0 Å². The molecule has 2 N–H and O–H groups in total. The number of hydrogen-bond acceptors (Lipinski definition) is 5. The average Bonchev–Trinajstić information content (AvgIpc) is 3.49. The van der Waals surface area contributed by atoms with Gasteiger partial charge in [-0.2, -0.15) is 0 Å². The van der Waals surface area contributed by atoms with Crippen LogP contribution in [0.15, 0.2) is 24.5 Å². The van der Waals surface area contributed by atoms with Gasteiger partial charge in [0.25, 0.3) is 5.91 Å². The first-order valence-electron chi connectivity index (χ1n) is 10.4. The zero-order chi connectivity index (χ0) is 18.9. The summed E-state index contributed by atoms with van der Waals surface area (Å²) in [5.41, 5.74) is 1.60. The van der Waals surface area contributed by atoms with Gasteiger partial charge in [-0.05, 0) is 24.5 Å². The first kappa shape index (κ1) is 17.9. The number of hydrogen-bond donors (Lipinski definition) is 2. The first-order chi connectivity index (χ1) is 13.8. The van der Waals surface area contributed by atoms with Gasteiger partial charge in [-0.25, -0.2) is 4.68 Å². The van der Waals surface area contributed by atoms with Crippen molar-refractivity contribution in [3.05, 3.63) is 35.9 Å². The smallest absolute Gasteiger partial charge is 0.268 e. The van der Waals surface area contributed by atoms with E-state index < -0.39 is 0 Å². The second kappa shape index (κ2) is 7.67. The fourth-order valence-electron chi connectivity index (χ4n) is 4.80. The normalized spacial score (nSPS) is 30.4. The number of carbonyl (C=O) groups is 1. The summed E-state index contributed by atoms with van der Waals surface area (Å²) in [7, 11) is 0. The molecule has 0 radical (unpaired) electrons. The van der Waals surface area contributed by atoms with E-state index in [1.165, 1.54) is 32.1 Å². The van der Waals surface area contributed by atoms with Crippen LogP contribution >= 0.6 is 0 Å². The highest BCUT2D eigenvalue weighted by molar-refractivity contribution is 5.92. The number of rotatable bonds is 5. The molecule has 5 rings (SSSR count). The molecule has 8 heteroatoms. The fourth-order valence-corrected chi connectivity index (χ4v) is 4.80. The number of aromatic amines is 1. The van der Waals surface area contributed by atoms with Gasteiger partial charge in [0.1, 0.15) is 23.9 Å². The maximum absolute atomic E-state index is 12.3. The van der Waals surface area contributed by atoms with Crippen LogP contribution in [0.1, 0.15) is 54.3 Å². The molecule has 1 amide bonds. The number of nitrogens with one attached hydrogen (secondary N) is 2. The summed E-state index contributed by atoms with van der Waals surface area (Å²) in [6, 6.07) is 3.41. The Bertz CT molecular complexity index is 799. The van der Waals surface area contributed by atoms with Crippen molar-refractivity contribution >= 4 is 5.91 Å². The Balaban J connectivity index is 1.21. The predicted molar refractivity (Wildman–Crippen MR) is 101 cm³/mol. The quantitative estimate of drug-likeness (QED) is 0.819. The van der Waals surface area contributed by atoms with Crippen LogP contribution in [0.5, 0.6) is 0 Å². The minimum absolute atomic E-state index is 0.00463. The topological polar surface area (TPSA) is 94.1 Å². The van der Waals surface area contributed by atoms with Crippen molar-refractivity contribution in [1.29, 1.82) is 0 Å². The van der Waals surface area contributed by atoms with Crippen molar-refractivity contribution in [2.24, 2.45) is 5.92 Å². The van der Waals surface area contributed by atoms with Crippen LogP contribution in [-0.2, 0) is 15.9 Å². The summed E-state index contributed by atoms with van der Waals surface area (Å²) in [6.45, 7) is 0.971. The number of nitrogens with zero attached hydrogens (tertiary/aromatic N) is 3. The van der Waals surface area contributed by atoms with E-state index >= 15 is 0 Å². The molecule has 1 aliphatic carbocycles. The van der Waals surface area contributed by atoms with Crippen molar-refractivity contribution < 1.29 is 14.3 Å². The standard InChI is InChI=1S/C20H27N5O3/c26-20(15-7-4-8-21-15)22-16-11-27-19-17(12-28-18(16)19)25-10-14(23-24-25)9-13-5-2-1-3-6-13/h4,7-8,10,13,16-19,21H,1-3,5-6,9,11-12H2,(H,22,26). The maximum atomic E-state index is 12.3. The zero-order valence-electron chi connectivity index (χ0n) is 15.9. The first-order valence-corrected chi connectivity index (χ1v) is 10.4. The predicted octanol–water partition coefficient (Wildman–Crippen LogP) is 1.87. The monoisotopic (exact) mass is 385 g/mol. The molecule has 1 saturated carbocycles. The molecular weight excluding hydrogens is 358 g/mol. The van der Waals surface area contributed by atoms with Gasteiger partial charge in [-0.15, -0.1) is 5.10 Å². The van der Waals surface area contributed by atoms with E-state index in [9.17, 15) is 4.79 Å². The Labute approximate surface area is 164 Å². The molecule has 4 atom stereocenters. The van der Waals surface area contributed by atoms with Gasteiger partial charge < -0.3 is 19.8 Å². The third kappa shape index (κ3) is 3.46. The van der Waals surface area contributed by atoms with E-state index in [4.69, 9.17) is 9.47 Å². The molecule has 150 valence electrons. The van der Waals surface area contributed by atoms with Crippen LogP contribution in [0, 0.1) is 5.92 Å². The maximum Gasteiger partial charge on any atom is 0.268 e. The number of carbonyl (C=O) groups excluding carboxylic acids is 1. The highest BCUT2D eigenvalue weighted by atomic mass is 16.6. The lowest BCUT2D eigenvalue weighted by molar-refractivity contribution is 0.0613. The van der Waals surface area contributed by atoms with E-state index in [2.05, 4.69) is 26.8 Å². The Hall–Kier alpha value is -2.19. The minimum atomic E-state index is -0.157. The molecule has 2 aromatic rings. The second-order valence-corrected chi connectivity index (χ2v) is 8.23. The summed E-state index contributed by atoms with van der Waals surface area (Å²) >= 11 is 0. The Morgan fingerprint density at radius 1 is 1.21 bits per heavy atom. The molecule has 2 saturated heterocycles. The van der Waals surface area contributed by atoms with Gasteiger partial charge in [0, 0.05) is 12.4 Å². The Kier molecular flexibility index (Phi) is 4.90. The van der Waals surface area contributed by atoms with E-state index in [-0.39, 0.29) is 30.2 Å². The van der Waals surface area contributed by atoms with Gasteiger partial charge in [0.15, 0.2) is 0 Å². The van der Waals surface area contributed by atoms with Gasteiger partial charge in [-0.3, -0.25) is 4.79 Å². The molecule has 0 bridgehead atoms. The summed E-state index contributed by atoms with van der Waals surface area (Å²) in [4.78, 5) is 15.2. The van der Waals surface area contributed by atoms with E-state index in [1.54, 1.807) is 18.3 Å². The van der Waals surface area contributed by atoms with Gasteiger partial charge in [0.05, 0.1) is 24.9 Å². The van der Waals surface area contributed by atoms with Crippen molar-refractivity contribution in [3.63, 3.8) is 0 Å². The van der Waals surface area contributed by atoms with Crippen molar-refractivity contribution in [2.45, 2.75) is 62.8 Å². The molecule has 0 spiro atoms. The lowest BCUT2D eigenvalue weighted by Crippen LogP contribution is -2.44. The van der Waals surface area contributed by atoms with E-state index in [0.717, 1.165) is 18.0 Å². The van der Waals surface area contributed by atoms with Gasteiger partial charge >= 0.3 is 0 Å². The highest BCUT2D eigenvalue weighted by Gasteiger charge is 2.49. The summed E-state index contributed by atoms with van der Waals surface area (Å²) in [6.07, 6.45) is 11.2. The third-order valence-electron chi connectivity index (χ3n) is 6.31. The van der Waals surface area contributed by atoms with E-state index in [0.29, 0.717) is 18.9 Å². The molecule has 0 aromatic carbocycles. The molecular formula is C20H27N5O3. The fraction of sp³-hybridized carbons (Fsp3) is 0.650. The third-order valence-corrected chi connectivity index (χ3v) is 6.31. The lowest BCUT2D eigenvalue weighted by atomic mass is 9.86. The minimum Gasteiger partial charge on any atom is -0.371 e. The molecule has 3 aliphatic rings. The molecule has 8 nitrogen and oxygen atoms in total. The molecule has 3 fully saturated rings. The van der Waals surface area contributed by atoms with Crippen LogP contribution in [0.2, 0.25) is 0 Å². The van der Waals surface area contributed by atoms with Crippen molar-refractivity contribution in [2.75, 3.05) is 13.2 Å². The number of amides is 1. The van der Waals surface area contributed by atoms with E-state index in [1.807, 2.05) is 4.68 Å². The van der Waals surface area contributed by atoms with Crippen molar-refractivity contribution in [1.82, 2.24) is 25.3 Å². The largest absolute Gasteiger partial charge is 0.371 e. The molecule has 28 heavy (non-hydrogen) atoms. The summed E-state index contributed by atoms with van der Waals surface area (Å²) in [5.74, 6) is 0.601. The SMILES string of the molecule is O=C(NC1COC2C1OCC2n1cc(CC2CCCCC2)nn1)c1ccc[nH]1. The van der Waals surface area contributed by atoms with Crippen LogP contribution < -0.4 is 5.32 Å². The molecule has 4 heterocycles. The van der Waals surface area contributed by atoms with Crippen LogP contribution in [-0.4, -0.2) is 57.3 Å². The lowest BCUT2D eigenvalue weighted by Gasteiger charge is -2.20. The Morgan fingerprint density at radius 2 is 2.07 bits per heavy atom. The van der Waals surface area contributed by atoms with Crippen molar-refractivity contribution in [3.8, 4) is 0 Å². The molecule has 2 aromatic heterocycles. The molecule has 2 aliphatic heterocycles. The zero-order valence-corrected chi connectivity index (χ0v) is 15.9. The average molecular weight is 385 g/mol. The number of aromatic nitrogens is 4. The van der Waals surface area contributed by atoms with Crippen LogP contribution in [0.25, 0.3) is 0 Å². The number of fused-ring (bicyclic) bond motifs is 1. The number of ether oxygens (including phenoxy) is 2. The summed E-state index contributed by atoms with van der Waals surface area (Å²) in [5, 5.41) is 11.8.